The molecule has 28 heavy (non-hydrogen) atoms. The molecule has 0 aliphatic rings. The number of carbonyl (C=O) groups is 2. The summed E-state index contributed by atoms with van der Waals surface area (Å²) in [6, 6.07) is 15.0. The summed E-state index contributed by atoms with van der Waals surface area (Å²) < 4.78 is 15.8. The standard InChI is InChI=1S/C22H27NO5/c1-5-16(17-10-7-6-8-11-17)14-23-21(24)15(2)28-22(25)20-18(26-3)12-9-13-19(20)27-4/h6-13,15-16H,5,14H2,1-4H3,(H,23,24)/t15-,16+/m0/s1. The molecule has 1 N–H and O–H groups in total. The van der Waals surface area contributed by atoms with Gasteiger partial charge >= 0.3 is 5.97 Å². The number of amides is 1. The quantitative estimate of drug-likeness (QED) is 0.668. The Bertz CT molecular complexity index is 769. The van der Waals surface area contributed by atoms with Crippen LogP contribution >= 0.6 is 0 Å². The second kappa shape index (κ2) is 10.3. The van der Waals surface area contributed by atoms with Crippen LogP contribution in [0.4, 0.5) is 0 Å². The maximum Gasteiger partial charge on any atom is 0.346 e. The minimum atomic E-state index is -0.949. The summed E-state index contributed by atoms with van der Waals surface area (Å²) in [6.07, 6.45) is -0.0629. The third-order valence-electron chi connectivity index (χ3n) is 4.57. The number of nitrogens with one attached hydrogen (secondary N) is 1. The van der Waals surface area contributed by atoms with Gasteiger partial charge in [0, 0.05) is 12.5 Å². The highest BCUT2D eigenvalue weighted by atomic mass is 16.6. The van der Waals surface area contributed by atoms with E-state index in [9.17, 15) is 9.59 Å². The molecule has 6 heteroatoms. The van der Waals surface area contributed by atoms with Gasteiger partial charge in [-0.05, 0) is 31.0 Å². The molecule has 0 heterocycles. The molecule has 2 rings (SSSR count). The Labute approximate surface area is 165 Å². The van der Waals surface area contributed by atoms with Gasteiger partial charge in [-0.25, -0.2) is 4.79 Å². The molecule has 0 bridgehead atoms. The van der Waals surface area contributed by atoms with Crippen LogP contribution in [-0.2, 0) is 9.53 Å². The molecule has 0 unspecified atom stereocenters. The number of esters is 1. The second-order valence-corrected chi connectivity index (χ2v) is 6.35. The molecule has 0 aliphatic carbocycles. The van der Waals surface area contributed by atoms with Gasteiger partial charge in [0.1, 0.15) is 17.1 Å². The molecule has 0 saturated heterocycles. The lowest BCUT2D eigenvalue weighted by Crippen LogP contribution is -2.38. The third kappa shape index (κ3) is 5.25. The molecule has 0 radical (unpaired) electrons. The number of hydrogen-bond acceptors (Lipinski definition) is 5. The summed E-state index contributed by atoms with van der Waals surface area (Å²) in [5.41, 5.74) is 1.32. The van der Waals surface area contributed by atoms with Crippen LogP contribution in [0.5, 0.6) is 11.5 Å². The SMILES string of the molecule is CC[C@H](CNC(=O)[C@H](C)OC(=O)c1c(OC)cccc1OC)c1ccccc1. The molecular formula is C22H27NO5. The van der Waals surface area contributed by atoms with Gasteiger partial charge in [-0.1, -0.05) is 43.3 Å². The Kier molecular flexibility index (Phi) is 7.87. The van der Waals surface area contributed by atoms with Crippen LogP contribution in [0, 0.1) is 0 Å². The van der Waals surface area contributed by atoms with Crippen molar-refractivity contribution < 1.29 is 23.8 Å². The lowest BCUT2D eigenvalue weighted by Gasteiger charge is -2.19. The number of carbonyl (C=O) groups excluding carboxylic acids is 2. The summed E-state index contributed by atoms with van der Waals surface area (Å²) in [6.45, 7) is 4.08. The molecule has 0 fully saturated rings. The smallest absolute Gasteiger partial charge is 0.346 e. The van der Waals surface area contributed by atoms with E-state index >= 15 is 0 Å². The van der Waals surface area contributed by atoms with Crippen molar-refractivity contribution in [1.82, 2.24) is 5.32 Å². The first kappa shape index (κ1) is 21.3. The molecule has 1 amide bonds. The molecular weight excluding hydrogens is 358 g/mol. The molecule has 6 nitrogen and oxygen atoms in total. The number of benzene rings is 2. The Morgan fingerprint density at radius 2 is 1.57 bits per heavy atom. The summed E-state index contributed by atoms with van der Waals surface area (Å²) in [5.74, 6) is -0.176. The lowest BCUT2D eigenvalue weighted by atomic mass is 9.96. The Morgan fingerprint density at radius 1 is 0.964 bits per heavy atom. The van der Waals surface area contributed by atoms with Gasteiger partial charge in [-0.15, -0.1) is 0 Å². The molecule has 0 aliphatic heterocycles. The van der Waals surface area contributed by atoms with Crippen molar-refractivity contribution in [3.05, 3.63) is 59.7 Å². The normalized spacial score (nSPS) is 12.6. The van der Waals surface area contributed by atoms with E-state index in [0.717, 1.165) is 12.0 Å². The fourth-order valence-corrected chi connectivity index (χ4v) is 2.92. The molecule has 0 aromatic heterocycles. The fourth-order valence-electron chi connectivity index (χ4n) is 2.92. The zero-order valence-corrected chi connectivity index (χ0v) is 16.7. The number of ether oxygens (including phenoxy) is 3. The van der Waals surface area contributed by atoms with Gasteiger partial charge in [0.15, 0.2) is 6.10 Å². The predicted molar refractivity (Wildman–Crippen MR) is 107 cm³/mol. The van der Waals surface area contributed by atoms with Gasteiger partial charge in [-0.2, -0.15) is 0 Å². The van der Waals surface area contributed by atoms with Crippen molar-refractivity contribution >= 4 is 11.9 Å². The fraction of sp³-hybridized carbons (Fsp3) is 0.364. The number of methoxy groups -OCH3 is 2. The molecule has 150 valence electrons. The van der Waals surface area contributed by atoms with Crippen molar-refractivity contribution in [2.45, 2.75) is 32.3 Å². The highest BCUT2D eigenvalue weighted by Crippen LogP contribution is 2.29. The van der Waals surface area contributed by atoms with Crippen LogP contribution in [0.1, 0.15) is 42.1 Å². The average molecular weight is 385 g/mol. The van der Waals surface area contributed by atoms with Crippen LogP contribution in [0.25, 0.3) is 0 Å². The first-order valence-electron chi connectivity index (χ1n) is 9.26. The number of hydrogen-bond donors (Lipinski definition) is 1. The molecule has 0 saturated carbocycles. The average Bonchev–Trinajstić information content (AvgIpc) is 2.73. The van der Waals surface area contributed by atoms with Crippen LogP contribution in [0.3, 0.4) is 0 Å². The van der Waals surface area contributed by atoms with Crippen molar-refractivity contribution in [1.29, 1.82) is 0 Å². The van der Waals surface area contributed by atoms with E-state index < -0.39 is 12.1 Å². The van der Waals surface area contributed by atoms with Crippen LogP contribution in [0.2, 0.25) is 0 Å². The lowest BCUT2D eigenvalue weighted by molar-refractivity contribution is -0.129. The minimum absolute atomic E-state index is 0.155. The molecule has 2 atom stereocenters. The molecule has 0 spiro atoms. The first-order chi connectivity index (χ1) is 13.5. The highest BCUT2D eigenvalue weighted by molar-refractivity contribution is 5.97. The largest absolute Gasteiger partial charge is 0.496 e. The van der Waals surface area contributed by atoms with E-state index in [0.29, 0.717) is 18.0 Å². The van der Waals surface area contributed by atoms with Crippen LogP contribution in [0.15, 0.2) is 48.5 Å². The Hall–Kier alpha value is -3.02. The molecule has 2 aromatic rings. The van der Waals surface area contributed by atoms with Gasteiger partial charge in [0.25, 0.3) is 5.91 Å². The van der Waals surface area contributed by atoms with Crippen LogP contribution in [-0.4, -0.2) is 38.7 Å². The van der Waals surface area contributed by atoms with Gasteiger partial charge in [-0.3, -0.25) is 4.79 Å². The first-order valence-corrected chi connectivity index (χ1v) is 9.26. The van der Waals surface area contributed by atoms with E-state index in [-0.39, 0.29) is 17.4 Å². The monoisotopic (exact) mass is 385 g/mol. The summed E-state index contributed by atoms with van der Waals surface area (Å²) in [7, 11) is 2.91. The van der Waals surface area contributed by atoms with Gasteiger partial charge in [0.05, 0.1) is 14.2 Å². The van der Waals surface area contributed by atoms with Crippen molar-refractivity contribution in [2.75, 3.05) is 20.8 Å². The Balaban J connectivity index is 2.00. The van der Waals surface area contributed by atoms with Crippen LogP contribution < -0.4 is 14.8 Å². The summed E-state index contributed by atoms with van der Waals surface area (Å²) in [5, 5.41) is 2.87. The summed E-state index contributed by atoms with van der Waals surface area (Å²) in [4.78, 5) is 25.0. The molecule has 2 aromatic carbocycles. The highest BCUT2D eigenvalue weighted by Gasteiger charge is 2.25. The zero-order chi connectivity index (χ0) is 20.5. The maximum absolute atomic E-state index is 12.6. The van der Waals surface area contributed by atoms with E-state index in [4.69, 9.17) is 14.2 Å². The summed E-state index contributed by atoms with van der Waals surface area (Å²) >= 11 is 0. The van der Waals surface area contributed by atoms with E-state index in [1.807, 2.05) is 30.3 Å². The Morgan fingerprint density at radius 3 is 2.11 bits per heavy atom. The van der Waals surface area contributed by atoms with E-state index in [1.165, 1.54) is 14.2 Å². The number of rotatable bonds is 9. The third-order valence-corrected chi connectivity index (χ3v) is 4.57. The van der Waals surface area contributed by atoms with E-state index in [2.05, 4.69) is 12.2 Å². The van der Waals surface area contributed by atoms with Gasteiger partial charge < -0.3 is 19.5 Å². The van der Waals surface area contributed by atoms with Crippen molar-refractivity contribution in [3.8, 4) is 11.5 Å². The van der Waals surface area contributed by atoms with Gasteiger partial charge in [0.2, 0.25) is 0 Å². The van der Waals surface area contributed by atoms with E-state index in [1.54, 1.807) is 25.1 Å². The maximum atomic E-state index is 12.6. The van der Waals surface area contributed by atoms with Crippen molar-refractivity contribution in [3.63, 3.8) is 0 Å². The topological polar surface area (TPSA) is 73.9 Å². The predicted octanol–water partition coefficient (Wildman–Crippen LogP) is 3.56. The van der Waals surface area contributed by atoms with Crippen molar-refractivity contribution in [2.24, 2.45) is 0 Å². The second-order valence-electron chi connectivity index (χ2n) is 6.35. The minimum Gasteiger partial charge on any atom is -0.496 e. The zero-order valence-electron chi connectivity index (χ0n) is 16.7.